The summed E-state index contributed by atoms with van der Waals surface area (Å²) in [6.45, 7) is 0. The molecule has 1 amide bonds. The van der Waals surface area contributed by atoms with Crippen molar-refractivity contribution in [1.82, 2.24) is 5.16 Å². The summed E-state index contributed by atoms with van der Waals surface area (Å²) in [6.07, 6.45) is 0.198. The molecule has 0 bridgehead atoms. The van der Waals surface area contributed by atoms with Gasteiger partial charge in [-0.05, 0) is 23.6 Å². The molecule has 3 aromatic rings. The highest BCUT2D eigenvalue weighted by molar-refractivity contribution is 7.13. The lowest BCUT2D eigenvalue weighted by atomic mass is 10.2. The Labute approximate surface area is 120 Å². The average molecular weight is 284 g/mol. The van der Waals surface area contributed by atoms with Gasteiger partial charge in [0.05, 0.1) is 17.0 Å². The zero-order chi connectivity index (χ0) is 13.8. The number of amides is 1. The van der Waals surface area contributed by atoms with Gasteiger partial charge in [-0.1, -0.05) is 29.4 Å². The van der Waals surface area contributed by atoms with Gasteiger partial charge in [-0.15, -0.1) is 11.3 Å². The van der Waals surface area contributed by atoms with Crippen molar-refractivity contribution < 1.29 is 9.32 Å². The highest BCUT2D eigenvalue weighted by atomic mass is 32.1. The van der Waals surface area contributed by atoms with Crippen molar-refractivity contribution in [2.75, 3.05) is 5.32 Å². The van der Waals surface area contributed by atoms with Crippen LogP contribution in [0.3, 0.4) is 0 Å². The van der Waals surface area contributed by atoms with Gasteiger partial charge in [-0.3, -0.25) is 4.79 Å². The predicted molar refractivity (Wildman–Crippen MR) is 78.6 cm³/mol. The van der Waals surface area contributed by atoms with Gasteiger partial charge in [0, 0.05) is 11.8 Å². The van der Waals surface area contributed by atoms with Crippen molar-refractivity contribution in [3.05, 3.63) is 59.6 Å². The van der Waals surface area contributed by atoms with Crippen LogP contribution in [0.25, 0.3) is 10.6 Å². The minimum absolute atomic E-state index is 0.109. The van der Waals surface area contributed by atoms with Crippen LogP contribution < -0.4 is 5.32 Å². The molecule has 20 heavy (non-hydrogen) atoms. The van der Waals surface area contributed by atoms with Crippen LogP contribution >= 0.6 is 11.3 Å². The van der Waals surface area contributed by atoms with Crippen molar-refractivity contribution in [1.29, 1.82) is 0 Å². The van der Waals surface area contributed by atoms with Crippen LogP contribution in [0.2, 0.25) is 0 Å². The molecule has 0 aliphatic heterocycles. The molecule has 1 aromatic carbocycles. The highest BCUT2D eigenvalue weighted by Gasteiger charge is 2.11. The second-order valence-corrected chi connectivity index (χ2v) is 5.20. The molecule has 0 saturated carbocycles. The number of nitrogens with one attached hydrogen (secondary N) is 1. The summed E-state index contributed by atoms with van der Waals surface area (Å²) in [4.78, 5) is 12.9. The van der Waals surface area contributed by atoms with Gasteiger partial charge in [0.15, 0.2) is 5.76 Å². The normalized spacial score (nSPS) is 10.4. The zero-order valence-corrected chi connectivity index (χ0v) is 11.4. The third-order valence-electron chi connectivity index (χ3n) is 2.72. The Morgan fingerprint density at radius 3 is 2.80 bits per heavy atom. The Kier molecular flexibility index (Phi) is 3.60. The molecule has 100 valence electrons. The molecular weight excluding hydrogens is 272 g/mol. The lowest BCUT2D eigenvalue weighted by molar-refractivity contribution is -0.115. The number of benzene rings is 1. The van der Waals surface area contributed by atoms with E-state index in [1.54, 1.807) is 17.4 Å². The lowest BCUT2D eigenvalue weighted by Gasteiger charge is -2.02. The maximum Gasteiger partial charge on any atom is 0.230 e. The summed E-state index contributed by atoms with van der Waals surface area (Å²) in [5.74, 6) is 0.588. The molecule has 0 fully saturated rings. The Hall–Kier alpha value is -2.40. The van der Waals surface area contributed by atoms with Gasteiger partial charge in [0.2, 0.25) is 5.91 Å². The Balaban J connectivity index is 1.65. The van der Waals surface area contributed by atoms with Crippen LogP contribution in [0.15, 0.2) is 58.4 Å². The molecular formula is C15H12N2O2S. The number of anilines is 1. The smallest absolute Gasteiger partial charge is 0.230 e. The van der Waals surface area contributed by atoms with E-state index in [-0.39, 0.29) is 12.3 Å². The zero-order valence-electron chi connectivity index (χ0n) is 10.6. The first-order valence-electron chi connectivity index (χ1n) is 6.15. The summed E-state index contributed by atoms with van der Waals surface area (Å²) in [6, 6.07) is 15.1. The Bertz CT molecular complexity index is 690. The molecule has 0 aliphatic rings. The standard InChI is InChI=1S/C15H12N2O2S/c18-15(16-11-5-2-1-3-6-11)10-12-9-13(19-17-12)14-7-4-8-20-14/h1-9H,10H2,(H,16,18). The summed E-state index contributed by atoms with van der Waals surface area (Å²) < 4.78 is 5.24. The second kappa shape index (κ2) is 5.71. The summed E-state index contributed by atoms with van der Waals surface area (Å²) in [5.41, 5.74) is 1.40. The molecule has 2 aromatic heterocycles. The van der Waals surface area contributed by atoms with E-state index in [1.165, 1.54) is 0 Å². The van der Waals surface area contributed by atoms with Crippen LogP contribution in [0.1, 0.15) is 5.69 Å². The largest absolute Gasteiger partial charge is 0.355 e. The first kappa shape index (κ1) is 12.6. The van der Waals surface area contributed by atoms with Crippen LogP contribution in [-0.4, -0.2) is 11.1 Å². The number of hydrogen-bond acceptors (Lipinski definition) is 4. The van der Waals surface area contributed by atoms with Crippen molar-refractivity contribution >= 4 is 22.9 Å². The molecule has 1 N–H and O–H groups in total. The number of aromatic nitrogens is 1. The fraction of sp³-hybridized carbons (Fsp3) is 0.0667. The quantitative estimate of drug-likeness (QED) is 0.796. The van der Waals surface area contributed by atoms with Gasteiger partial charge in [-0.2, -0.15) is 0 Å². The fourth-order valence-electron chi connectivity index (χ4n) is 1.82. The predicted octanol–water partition coefficient (Wildman–Crippen LogP) is 3.58. The molecule has 5 heteroatoms. The first-order chi connectivity index (χ1) is 9.81. The van der Waals surface area contributed by atoms with E-state index in [1.807, 2.05) is 47.8 Å². The third-order valence-corrected chi connectivity index (χ3v) is 3.61. The number of carbonyl (C=O) groups excluding carboxylic acids is 1. The number of hydrogen-bond donors (Lipinski definition) is 1. The van der Waals surface area contributed by atoms with Gasteiger partial charge in [0.1, 0.15) is 0 Å². The van der Waals surface area contributed by atoms with Gasteiger partial charge in [-0.25, -0.2) is 0 Å². The average Bonchev–Trinajstić information content (AvgIpc) is 3.10. The second-order valence-electron chi connectivity index (χ2n) is 4.25. The minimum atomic E-state index is -0.109. The molecule has 0 spiro atoms. The summed E-state index contributed by atoms with van der Waals surface area (Å²) in [5, 5.41) is 8.71. The van der Waals surface area contributed by atoms with Crippen molar-refractivity contribution in [2.45, 2.75) is 6.42 Å². The fourth-order valence-corrected chi connectivity index (χ4v) is 2.49. The summed E-state index contributed by atoms with van der Waals surface area (Å²) in [7, 11) is 0. The number of para-hydroxylation sites is 1. The molecule has 3 rings (SSSR count). The van der Waals surface area contributed by atoms with Gasteiger partial charge >= 0.3 is 0 Å². The summed E-state index contributed by atoms with van der Waals surface area (Å²) >= 11 is 1.58. The topological polar surface area (TPSA) is 55.1 Å². The van der Waals surface area contributed by atoms with E-state index in [0.717, 1.165) is 10.6 Å². The Morgan fingerprint density at radius 1 is 1.20 bits per heavy atom. The molecule has 0 radical (unpaired) electrons. The Morgan fingerprint density at radius 2 is 2.05 bits per heavy atom. The minimum Gasteiger partial charge on any atom is -0.355 e. The number of rotatable bonds is 4. The molecule has 0 unspecified atom stereocenters. The van der Waals surface area contributed by atoms with Crippen LogP contribution in [-0.2, 0) is 11.2 Å². The molecule has 0 atom stereocenters. The maximum absolute atomic E-state index is 11.9. The van der Waals surface area contributed by atoms with E-state index in [4.69, 9.17) is 4.52 Å². The third kappa shape index (κ3) is 2.95. The molecule has 0 aliphatic carbocycles. The van der Waals surface area contributed by atoms with Crippen LogP contribution in [0.4, 0.5) is 5.69 Å². The number of carbonyl (C=O) groups is 1. The SMILES string of the molecule is O=C(Cc1cc(-c2cccs2)on1)Nc1ccccc1. The van der Waals surface area contributed by atoms with E-state index >= 15 is 0 Å². The van der Waals surface area contributed by atoms with Crippen LogP contribution in [0, 0.1) is 0 Å². The van der Waals surface area contributed by atoms with E-state index < -0.39 is 0 Å². The van der Waals surface area contributed by atoms with E-state index in [9.17, 15) is 4.79 Å². The highest BCUT2D eigenvalue weighted by Crippen LogP contribution is 2.25. The first-order valence-corrected chi connectivity index (χ1v) is 7.03. The van der Waals surface area contributed by atoms with Gasteiger partial charge < -0.3 is 9.84 Å². The van der Waals surface area contributed by atoms with Crippen molar-refractivity contribution in [2.24, 2.45) is 0 Å². The lowest BCUT2D eigenvalue weighted by Crippen LogP contribution is -2.14. The number of nitrogens with zero attached hydrogens (tertiary/aromatic N) is 1. The molecule has 2 heterocycles. The van der Waals surface area contributed by atoms with E-state index in [0.29, 0.717) is 11.5 Å². The van der Waals surface area contributed by atoms with Gasteiger partial charge in [0.25, 0.3) is 0 Å². The molecule has 4 nitrogen and oxygen atoms in total. The van der Waals surface area contributed by atoms with Crippen LogP contribution in [0.5, 0.6) is 0 Å². The maximum atomic E-state index is 11.9. The van der Waals surface area contributed by atoms with Crippen molar-refractivity contribution in [3.8, 4) is 10.6 Å². The number of thiophene rings is 1. The monoisotopic (exact) mass is 284 g/mol. The van der Waals surface area contributed by atoms with E-state index in [2.05, 4.69) is 10.5 Å². The van der Waals surface area contributed by atoms with Crippen molar-refractivity contribution in [3.63, 3.8) is 0 Å². The molecule has 0 saturated heterocycles.